The van der Waals surface area contributed by atoms with Gasteiger partial charge in [0.25, 0.3) is 0 Å². The van der Waals surface area contributed by atoms with E-state index in [2.05, 4.69) is 50.0 Å². The summed E-state index contributed by atoms with van der Waals surface area (Å²) < 4.78 is 0. The maximum atomic E-state index is 10.9. The molecule has 1 aromatic rings. The zero-order valence-electron chi connectivity index (χ0n) is 13.2. The molecule has 0 aromatic heterocycles. The largest absolute Gasteiger partial charge is 0.481 e. The molecule has 0 spiro atoms. The summed E-state index contributed by atoms with van der Waals surface area (Å²) in [6.07, 6.45) is 3.33. The summed E-state index contributed by atoms with van der Waals surface area (Å²) in [5.74, 6) is 1.44. The average Bonchev–Trinajstić information content (AvgIpc) is 2.79. The van der Waals surface area contributed by atoms with Crippen molar-refractivity contribution in [3.63, 3.8) is 0 Å². The zero-order valence-corrected chi connectivity index (χ0v) is 14.2. The van der Waals surface area contributed by atoms with Crippen LogP contribution >= 0.6 is 8.58 Å². The van der Waals surface area contributed by atoms with Gasteiger partial charge in [0.2, 0.25) is 0 Å². The molecule has 120 valence electrons. The Morgan fingerprint density at radius 1 is 1.45 bits per heavy atom. The third-order valence-electron chi connectivity index (χ3n) is 4.47. The Morgan fingerprint density at radius 3 is 2.91 bits per heavy atom. The van der Waals surface area contributed by atoms with E-state index in [1.54, 1.807) is 0 Å². The fraction of sp³-hybridized carbons (Fsp3) is 0.500. The molecule has 1 aliphatic carbocycles. The molecule has 0 heterocycles. The van der Waals surface area contributed by atoms with Crippen molar-refractivity contribution in [1.29, 1.82) is 0 Å². The van der Waals surface area contributed by atoms with Crippen LogP contribution in [0.4, 0.5) is 0 Å². The Kier molecular flexibility index (Phi) is 6.16. The molecule has 2 N–H and O–H groups in total. The van der Waals surface area contributed by atoms with Crippen LogP contribution in [0.15, 0.2) is 36.2 Å². The Hall–Kier alpha value is -1.18. The highest BCUT2D eigenvalue weighted by molar-refractivity contribution is 7.42. The molecule has 0 amide bonds. The van der Waals surface area contributed by atoms with Gasteiger partial charge >= 0.3 is 5.97 Å². The van der Waals surface area contributed by atoms with E-state index < -0.39 is 5.97 Å². The molecular weight excluding hydrogens is 295 g/mol. The lowest BCUT2D eigenvalue weighted by atomic mass is 9.92. The van der Waals surface area contributed by atoms with Crippen molar-refractivity contribution in [2.24, 2.45) is 11.8 Å². The van der Waals surface area contributed by atoms with Crippen LogP contribution in [0, 0.1) is 18.8 Å². The summed E-state index contributed by atoms with van der Waals surface area (Å²) in [4.78, 5) is 10.9. The van der Waals surface area contributed by atoms with Crippen molar-refractivity contribution in [3.8, 4) is 0 Å². The fourth-order valence-electron chi connectivity index (χ4n) is 3.18. The number of aliphatic carboxylic acids is 1. The van der Waals surface area contributed by atoms with Crippen LogP contribution in [0.25, 0.3) is 0 Å². The number of hydrogen-bond acceptors (Lipinski definition) is 2. The first kappa shape index (κ1) is 17.2. The van der Waals surface area contributed by atoms with Gasteiger partial charge in [0, 0.05) is 18.0 Å². The molecule has 5 atom stereocenters. The van der Waals surface area contributed by atoms with E-state index >= 15 is 0 Å². The number of hydrogen-bond donors (Lipinski definition) is 2. The Bertz CT molecular complexity index is 541. The first-order chi connectivity index (χ1) is 10.5. The zero-order chi connectivity index (χ0) is 16.1. The summed E-state index contributed by atoms with van der Waals surface area (Å²) in [5, 5.41) is 19.0. The van der Waals surface area contributed by atoms with Gasteiger partial charge in [-0.2, -0.15) is 0 Å². The highest BCUT2D eigenvalue weighted by Gasteiger charge is 2.34. The van der Waals surface area contributed by atoms with E-state index in [1.165, 1.54) is 11.1 Å². The first-order valence-corrected chi connectivity index (χ1v) is 9.02. The van der Waals surface area contributed by atoms with Crippen molar-refractivity contribution in [2.75, 3.05) is 0 Å². The van der Waals surface area contributed by atoms with Crippen LogP contribution < -0.4 is 0 Å². The molecule has 0 saturated heterocycles. The molecule has 2 unspecified atom stereocenters. The Morgan fingerprint density at radius 2 is 2.23 bits per heavy atom. The van der Waals surface area contributed by atoms with Gasteiger partial charge in [-0.25, -0.2) is 0 Å². The average molecular weight is 320 g/mol. The van der Waals surface area contributed by atoms with Gasteiger partial charge in [0.15, 0.2) is 0 Å². The van der Waals surface area contributed by atoms with E-state index in [4.69, 9.17) is 5.11 Å². The summed E-state index contributed by atoms with van der Waals surface area (Å²) in [6, 6.07) is 8.54. The van der Waals surface area contributed by atoms with Crippen molar-refractivity contribution in [1.82, 2.24) is 0 Å². The van der Waals surface area contributed by atoms with Gasteiger partial charge < -0.3 is 10.2 Å². The van der Waals surface area contributed by atoms with Crippen LogP contribution in [-0.4, -0.2) is 22.3 Å². The van der Waals surface area contributed by atoms with Gasteiger partial charge in [0.05, 0.1) is 6.10 Å². The van der Waals surface area contributed by atoms with Crippen LogP contribution in [0.2, 0.25) is 0 Å². The van der Waals surface area contributed by atoms with E-state index in [-0.39, 0.29) is 24.4 Å². The molecule has 22 heavy (non-hydrogen) atoms. The molecule has 1 aliphatic rings. The van der Waals surface area contributed by atoms with E-state index in [1.807, 2.05) is 0 Å². The molecule has 1 saturated carbocycles. The predicted molar refractivity (Wildman–Crippen MR) is 91.5 cm³/mol. The second-order valence-electron chi connectivity index (χ2n) is 6.24. The van der Waals surface area contributed by atoms with Gasteiger partial charge in [-0.3, -0.25) is 4.79 Å². The van der Waals surface area contributed by atoms with Gasteiger partial charge in [-0.05, 0) is 31.2 Å². The SMILES string of the molecule is Cc1cccc([C@@H](C)P/C=C/C2[C@@H](CC(=O)O)CC[C@H]2O)c1. The van der Waals surface area contributed by atoms with Crippen molar-refractivity contribution in [2.45, 2.75) is 44.9 Å². The van der Waals surface area contributed by atoms with Crippen LogP contribution in [0.1, 0.15) is 43.0 Å². The quantitative estimate of drug-likeness (QED) is 0.776. The minimum atomic E-state index is -0.770. The number of aryl methyl sites for hydroxylation is 1. The van der Waals surface area contributed by atoms with Gasteiger partial charge in [-0.15, -0.1) is 0 Å². The number of carboxylic acids is 1. The van der Waals surface area contributed by atoms with E-state index in [0.717, 1.165) is 6.42 Å². The molecule has 0 aliphatic heterocycles. The minimum absolute atomic E-state index is 0.00619. The second-order valence-corrected chi connectivity index (χ2v) is 7.77. The number of rotatable bonds is 6. The maximum absolute atomic E-state index is 10.9. The highest BCUT2D eigenvalue weighted by atomic mass is 31.1. The van der Waals surface area contributed by atoms with E-state index in [0.29, 0.717) is 20.7 Å². The number of benzene rings is 1. The summed E-state index contributed by atoms with van der Waals surface area (Å²) >= 11 is 0. The van der Waals surface area contributed by atoms with Crippen LogP contribution in [-0.2, 0) is 4.79 Å². The monoisotopic (exact) mass is 320 g/mol. The predicted octanol–water partition coefficient (Wildman–Crippen LogP) is 4.11. The molecule has 0 radical (unpaired) electrons. The smallest absolute Gasteiger partial charge is 0.303 e. The fourth-order valence-corrected chi connectivity index (χ4v) is 4.17. The number of carboxylic acid groups (broad SMARTS) is 1. The third-order valence-corrected chi connectivity index (χ3v) is 5.68. The Labute approximate surface area is 134 Å². The molecule has 4 heteroatoms. The van der Waals surface area contributed by atoms with Crippen molar-refractivity contribution >= 4 is 14.6 Å². The third kappa shape index (κ3) is 4.66. The summed E-state index contributed by atoms with van der Waals surface area (Å²) in [7, 11) is 0.643. The second kappa shape index (κ2) is 7.89. The van der Waals surface area contributed by atoms with Crippen molar-refractivity contribution in [3.05, 3.63) is 47.3 Å². The van der Waals surface area contributed by atoms with Crippen LogP contribution in [0.5, 0.6) is 0 Å². The number of carbonyl (C=O) groups is 1. The van der Waals surface area contributed by atoms with Crippen molar-refractivity contribution < 1.29 is 15.0 Å². The molecule has 2 rings (SSSR count). The lowest BCUT2D eigenvalue weighted by Gasteiger charge is -2.17. The minimum Gasteiger partial charge on any atom is -0.481 e. The topological polar surface area (TPSA) is 57.5 Å². The number of aliphatic hydroxyl groups is 1. The summed E-state index contributed by atoms with van der Waals surface area (Å²) in [6.45, 7) is 4.30. The molecule has 0 bridgehead atoms. The molecule has 1 fully saturated rings. The Balaban J connectivity index is 1.94. The van der Waals surface area contributed by atoms with Crippen LogP contribution in [0.3, 0.4) is 0 Å². The van der Waals surface area contributed by atoms with Gasteiger partial charge in [0.1, 0.15) is 0 Å². The maximum Gasteiger partial charge on any atom is 0.303 e. The highest BCUT2D eigenvalue weighted by Crippen LogP contribution is 2.39. The normalized spacial score (nSPS) is 27.0. The van der Waals surface area contributed by atoms with Gasteiger partial charge in [-0.1, -0.05) is 57.2 Å². The molecule has 3 nitrogen and oxygen atoms in total. The number of aliphatic hydroxyl groups excluding tert-OH is 1. The summed E-state index contributed by atoms with van der Waals surface area (Å²) in [5.41, 5.74) is 3.05. The molecule has 1 aromatic carbocycles. The lowest BCUT2D eigenvalue weighted by Crippen LogP contribution is -2.18. The lowest BCUT2D eigenvalue weighted by molar-refractivity contribution is -0.138. The molecular formula is C18H25O3P. The van der Waals surface area contributed by atoms with E-state index in [9.17, 15) is 9.90 Å². The standard InChI is InChI=1S/C18H25O3P/c1-12-4-3-5-14(10-12)13(2)22-9-8-16-15(11-18(20)21)6-7-17(16)19/h3-5,8-10,13,15-17,19,22H,6-7,11H2,1-2H3,(H,20,21)/b9-8+/t13-,15-,16?,17-/m1/s1. The first-order valence-electron chi connectivity index (χ1n) is 7.86.